The number of hydrogen-bond acceptors (Lipinski definition) is 7. The molecule has 3 rings (SSSR count). The molecule has 1 aromatic carbocycles. The molecule has 0 aliphatic carbocycles. The molecule has 2 heterocycles. The minimum atomic E-state index is -0.955. The quantitative estimate of drug-likeness (QED) is 0.771. The fourth-order valence-electron chi connectivity index (χ4n) is 2.36. The SMILES string of the molecule is COc1ccc2c(=O)c(C3NC(C(=O)O)CS3)c(N)oc2c1. The lowest BCUT2D eigenvalue weighted by molar-refractivity contribution is -0.138. The molecule has 0 amide bonds. The number of thioether (sulfide) groups is 1. The third-order valence-electron chi connectivity index (χ3n) is 3.51. The molecule has 1 fully saturated rings. The van der Waals surface area contributed by atoms with E-state index in [1.165, 1.54) is 18.9 Å². The van der Waals surface area contributed by atoms with Gasteiger partial charge in [-0.2, -0.15) is 0 Å². The summed E-state index contributed by atoms with van der Waals surface area (Å²) >= 11 is 1.32. The molecular formula is C14H14N2O5S. The Morgan fingerprint density at radius 1 is 1.55 bits per heavy atom. The average molecular weight is 322 g/mol. The molecule has 1 saturated heterocycles. The summed E-state index contributed by atoms with van der Waals surface area (Å²) in [4.78, 5) is 23.6. The normalized spacial score (nSPS) is 21.1. The summed E-state index contributed by atoms with van der Waals surface area (Å²) in [5.74, 6) is -0.0492. The number of methoxy groups -OCH3 is 1. The molecule has 0 spiro atoms. The number of carboxylic acids is 1. The van der Waals surface area contributed by atoms with E-state index in [0.29, 0.717) is 22.5 Å². The molecule has 0 saturated carbocycles. The van der Waals surface area contributed by atoms with Gasteiger partial charge in [0.25, 0.3) is 0 Å². The van der Waals surface area contributed by atoms with Crippen LogP contribution in [0.3, 0.4) is 0 Å². The van der Waals surface area contributed by atoms with Crippen molar-refractivity contribution < 1.29 is 19.1 Å². The third kappa shape index (κ3) is 2.40. The zero-order valence-corrected chi connectivity index (χ0v) is 12.5. The first-order chi connectivity index (χ1) is 10.5. The average Bonchev–Trinajstić information content (AvgIpc) is 2.96. The number of nitrogens with one attached hydrogen (secondary N) is 1. The van der Waals surface area contributed by atoms with Gasteiger partial charge in [-0.1, -0.05) is 0 Å². The van der Waals surface area contributed by atoms with Crippen LogP contribution in [0.15, 0.2) is 27.4 Å². The highest BCUT2D eigenvalue weighted by Crippen LogP contribution is 2.35. The number of fused-ring (bicyclic) bond motifs is 1. The molecule has 2 aromatic rings. The minimum absolute atomic E-state index is 0.0122. The first-order valence-corrected chi connectivity index (χ1v) is 7.57. The Morgan fingerprint density at radius 2 is 2.32 bits per heavy atom. The Kier molecular flexibility index (Phi) is 3.71. The van der Waals surface area contributed by atoms with Crippen LogP contribution >= 0.6 is 11.8 Å². The first kappa shape index (κ1) is 14.7. The molecule has 4 N–H and O–H groups in total. The van der Waals surface area contributed by atoms with Crippen LogP contribution in [0.25, 0.3) is 11.0 Å². The maximum absolute atomic E-state index is 12.6. The van der Waals surface area contributed by atoms with E-state index in [1.54, 1.807) is 18.2 Å². The maximum atomic E-state index is 12.6. The minimum Gasteiger partial charge on any atom is -0.497 e. The van der Waals surface area contributed by atoms with E-state index >= 15 is 0 Å². The van der Waals surface area contributed by atoms with E-state index < -0.39 is 17.4 Å². The van der Waals surface area contributed by atoms with Gasteiger partial charge >= 0.3 is 5.97 Å². The van der Waals surface area contributed by atoms with Crippen molar-refractivity contribution in [3.63, 3.8) is 0 Å². The van der Waals surface area contributed by atoms with E-state index in [1.807, 2.05) is 0 Å². The number of rotatable bonds is 3. The van der Waals surface area contributed by atoms with Crippen molar-refractivity contribution in [2.45, 2.75) is 11.4 Å². The third-order valence-corrected chi connectivity index (χ3v) is 4.74. The van der Waals surface area contributed by atoms with Gasteiger partial charge in [-0.3, -0.25) is 14.9 Å². The number of nitrogens with two attached hydrogens (primary N) is 1. The number of nitrogen functional groups attached to an aromatic ring is 1. The fourth-order valence-corrected chi connectivity index (χ4v) is 3.64. The number of hydrogen-bond donors (Lipinski definition) is 3. The Balaban J connectivity index is 2.08. The van der Waals surface area contributed by atoms with Gasteiger partial charge in [0.2, 0.25) is 11.3 Å². The van der Waals surface area contributed by atoms with E-state index in [2.05, 4.69) is 5.32 Å². The van der Waals surface area contributed by atoms with E-state index in [4.69, 9.17) is 20.0 Å². The van der Waals surface area contributed by atoms with Crippen molar-refractivity contribution in [1.82, 2.24) is 5.32 Å². The van der Waals surface area contributed by atoms with Crippen molar-refractivity contribution in [3.8, 4) is 5.75 Å². The molecule has 0 radical (unpaired) electrons. The van der Waals surface area contributed by atoms with Crippen LogP contribution in [0.1, 0.15) is 10.9 Å². The van der Waals surface area contributed by atoms with E-state index in [0.717, 1.165) is 0 Å². The summed E-state index contributed by atoms with van der Waals surface area (Å²) < 4.78 is 10.6. The summed E-state index contributed by atoms with van der Waals surface area (Å²) in [6.07, 6.45) is 0. The molecule has 1 aliphatic heterocycles. The number of carboxylic acid groups (broad SMARTS) is 1. The van der Waals surface area contributed by atoms with Crippen LogP contribution < -0.4 is 21.2 Å². The molecular weight excluding hydrogens is 308 g/mol. The first-order valence-electron chi connectivity index (χ1n) is 6.52. The van der Waals surface area contributed by atoms with Gasteiger partial charge < -0.3 is 20.0 Å². The second kappa shape index (κ2) is 5.54. The Bertz CT molecular complexity index is 804. The van der Waals surface area contributed by atoms with Gasteiger partial charge in [0.15, 0.2) is 0 Å². The second-order valence-corrected chi connectivity index (χ2v) is 5.98. The Labute approximate surface area is 129 Å². The van der Waals surface area contributed by atoms with Crippen LogP contribution in [-0.2, 0) is 4.79 Å². The van der Waals surface area contributed by atoms with Gasteiger partial charge in [-0.25, -0.2) is 0 Å². The highest BCUT2D eigenvalue weighted by Gasteiger charge is 2.33. The van der Waals surface area contributed by atoms with Crippen molar-refractivity contribution in [2.75, 3.05) is 18.6 Å². The van der Waals surface area contributed by atoms with Crippen LogP contribution in [0.2, 0.25) is 0 Å². The fraction of sp³-hybridized carbons (Fsp3) is 0.286. The molecule has 2 atom stereocenters. The van der Waals surface area contributed by atoms with Gasteiger partial charge in [0.05, 0.1) is 23.4 Å². The highest BCUT2D eigenvalue weighted by molar-refractivity contribution is 7.99. The number of aliphatic carboxylic acids is 1. The monoisotopic (exact) mass is 322 g/mol. The largest absolute Gasteiger partial charge is 0.497 e. The lowest BCUT2D eigenvalue weighted by Gasteiger charge is -2.13. The second-order valence-electron chi connectivity index (χ2n) is 4.84. The summed E-state index contributed by atoms with van der Waals surface area (Å²) in [5.41, 5.74) is 6.20. The summed E-state index contributed by atoms with van der Waals surface area (Å²) in [7, 11) is 1.52. The number of anilines is 1. The van der Waals surface area contributed by atoms with E-state index in [9.17, 15) is 9.59 Å². The molecule has 0 bridgehead atoms. The number of benzene rings is 1. The van der Waals surface area contributed by atoms with Gasteiger partial charge in [-0.05, 0) is 12.1 Å². The van der Waals surface area contributed by atoms with Crippen LogP contribution in [0.5, 0.6) is 5.75 Å². The van der Waals surface area contributed by atoms with Gasteiger partial charge in [0, 0.05) is 11.8 Å². The molecule has 116 valence electrons. The predicted molar refractivity (Wildman–Crippen MR) is 83.2 cm³/mol. The molecule has 1 aromatic heterocycles. The molecule has 1 aliphatic rings. The Hall–Kier alpha value is -2.19. The van der Waals surface area contributed by atoms with Crippen molar-refractivity contribution in [2.24, 2.45) is 0 Å². The number of ether oxygens (including phenoxy) is 1. The maximum Gasteiger partial charge on any atom is 0.321 e. The molecule has 7 nitrogen and oxygen atoms in total. The molecule has 8 heteroatoms. The van der Waals surface area contributed by atoms with Crippen LogP contribution in [0, 0.1) is 0 Å². The van der Waals surface area contributed by atoms with Gasteiger partial charge in [-0.15, -0.1) is 11.8 Å². The predicted octanol–water partition coefficient (Wildman–Crippen LogP) is 1.17. The highest BCUT2D eigenvalue weighted by atomic mass is 32.2. The smallest absolute Gasteiger partial charge is 0.321 e. The summed E-state index contributed by atoms with van der Waals surface area (Å²) in [6.45, 7) is 0. The zero-order chi connectivity index (χ0) is 15.9. The van der Waals surface area contributed by atoms with Crippen LogP contribution in [0.4, 0.5) is 5.88 Å². The Morgan fingerprint density at radius 3 is 2.95 bits per heavy atom. The summed E-state index contributed by atoms with van der Waals surface area (Å²) in [5, 5.41) is 11.8. The van der Waals surface area contributed by atoms with Crippen molar-refractivity contribution >= 4 is 34.6 Å². The standard InChI is InChI=1S/C14H14N2O5S/c1-20-6-2-3-7-9(4-6)21-12(15)10(11(7)17)13-16-8(5-22-13)14(18)19/h2-4,8,13,16H,5,15H2,1H3,(H,18,19). The lowest BCUT2D eigenvalue weighted by Crippen LogP contribution is -2.35. The van der Waals surface area contributed by atoms with Crippen LogP contribution in [-0.4, -0.2) is 30.0 Å². The van der Waals surface area contributed by atoms with Crippen molar-refractivity contribution in [3.05, 3.63) is 34.0 Å². The number of carbonyl (C=O) groups is 1. The topological polar surface area (TPSA) is 115 Å². The zero-order valence-electron chi connectivity index (χ0n) is 11.7. The molecule has 22 heavy (non-hydrogen) atoms. The lowest BCUT2D eigenvalue weighted by atomic mass is 10.1. The molecule has 2 unspecified atom stereocenters. The van der Waals surface area contributed by atoms with Crippen molar-refractivity contribution in [1.29, 1.82) is 0 Å². The van der Waals surface area contributed by atoms with Gasteiger partial charge in [0.1, 0.15) is 17.4 Å². The van der Waals surface area contributed by atoms with E-state index in [-0.39, 0.29) is 16.9 Å². The summed E-state index contributed by atoms with van der Waals surface area (Å²) in [6, 6.07) is 4.15.